The lowest BCUT2D eigenvalue weighted by Crippen LogP contribution is -2.03. The predicted octanol–water partition coefficient (Wildman–Crippen LogP) is 0.0507. The number of methoxy groups -OCH3 is 1. The molecule has 0 aliphatic rings. The number of hydrogen-bond acceptors (Lipinski definition) is 5. The first-order valence-corrected chi connectivity index (χ1v) is 4.79. The van der Waals surface area contributed by atoms with E-state index in [2.05, 4.69) is 14.8 Å². The van der Waals surface area contributed by atoms with Gasteiger partial charge in [0.15, 0.2) is 11.5 Å². The van der Waals surface area contributed by atoms with Gasteiger partial charge in [0.05, 0.1) is 19.3 Å². The monoisotopic (exact) mass is 221 g/mol. The number of hydrogen-bond donors (Lipinski definition) is 1. The maximum Gasteiger partial charge on any atom is 0.339 e. The molecule has 0 saturated heterocycles. The van der Waals surface area contributed by atoms with Crippen molar-refractivity contribution >= 4 is 11.6 Å². The zero-order valence-electron chi connectivity index (χ0n) is 8.75. The van der Waals surface area contributed by atoms with Crippen molar-refractivity contribution in [3.05, 3.63) is 29.7 Å². The van der Waals surface area contributed by atoms with Crippen molar-refractivity contribution in [3.63, 3.8) is 0 Å². The average Bonchev–Trinajstić information content (AvgIpc) is 2.69. The topological polar surface area (TPSA) is 76.7 Å². The normalized spacial score (nSPS) is 10.6. The van der Waals surface area contributed by atoms with E-state index >= 15 is 0 Å². The number of aromatic nitrogens is 3. The Morgan fingerprint density at radius 2 is 2.38 bits per heavy atom. The fourth-order valence-electron chi connectivity index (χ4n) is 1.37. The van der Waals surface area contributed by atoms with Crippen LogP contribution in [0.5, 0.6) is 0 Å². The first-order valence-electron chi connectivity index (χ1n) is 4.79. The Kier molecular flexibility index (Phi) is 2.82. The van der Waals surface area contributed by atoms with Crippen molar-refractivity contribution < 1.29 is 14.6 Å². The third-order valence-electron chi connectivity index (χ3n) is 2.13. The Balaban J connectivity index is 2.41. The van der Waals surface area contributed by atoms with Crippen molar-refractivity contribution in [2.24, 2.45) is 0 Å². The van der Waals surface area contributed by atoms with Gasteiger partial charge >= 0.3 is 5.97 Å². The second kappa shape index (κ2) is 4.28. The molecule has 2 aromatic rings. The Bertz CT molecular complexity index is 521. The molecule has 84 valence electrons. The molecular weight excluding hydrogens is 210 g/mol. The van der Waals surface area contributed by atoms with Gasteiger partial charge in [-0.3, -0.25) is 0 Å². The summed E-state index contributed by atoms with van der Waals surface area (Å²) < 4.78 is 6.10. The quantitative estimate of drug-likeness (QED) is 0.741. The van der Waals surface area contributed by atoms with Crippen LogP contribution in [0.15, 0.2) is 18.3 Å². The molecule has 2 heterocycles. The highest BCUT2D eigenvalue weighted by molar-refractivity contribution is 5.89. The van der Waals surface area contributed by atoms with Gasteiger partial charge in [-0.05, 0) is 12.1 Å². The summed E-state index contributed by atoms with van der Waals surface area (Å²) in [4.78, 5) is 15.4. The molecular formula is C10H11N3O3. The largest absolute Gasteiger partial charge is 0.465 e. The van der Waals surface area contributed by atoms with E-state index in [4.69, 9.17) is 5.11 Å². The zero-order valence-corrected chi connectivity index (χ0v) is 8.75. The Labute approximate surface area is 91.5 Å². The van der Waals surface area contributed by atoms with Gasteiger partial charge < -0.3 is 9.84 Å². The van der Waals surface area contributed by atoms with Gasteiger partial charge in [-0.25, -0.2) is 14.3 Å². The number of esters is 1. The fraction of sp³-hybridized carbons (Fsp3) is 0.300. The molecule has 1 N–H and O–H groups in total. The van der Waals surface area contributed by atoms with E-state index < -0.39 is 5.97 Å². The number of aliphatic hydroxyl groups is 1. The van der Waals surface area contributed by atoms with E-state index in [1.165, 1.54) is 11.6 Å². The number of ether oxygens (including phenoxy) is 1. The van der Waals surface area contributed by atoms with Crippen molar-refractivity contribution in [2.45, 2.75) is 6.42 Å². The molecule has 2 aromatic heterocycles. The van der Waals surface area contributed by atoms with Crippen LogP contribution in [0.2, 0.25) is 0 Å². The highest BCUT2D eigenvalue weighted by Gasteiger charge is 2.08. The Morgan fingerprint density at radius 3 is 3.06 bits per heavy atom. The van der Waals surface area contributed by atoms with Crippen LogP contribution in [0.3, 0.4) is 0 Å². The van der Waals surface area contributed by atoms with Crippen LogP contribution < -0.4 is 0 Å². The molecule has 0 bridgehead atoms. The van der Waals surface area contributed by atoms with Gasteiger partial charge in [-0.1, -0.05) is 0 Å². The van der Waals surface area contributed by atoms with E-state index in [1.807, 2.05) is 0 Å². The first-order chi connectivity index (χ1) is 7.74. The summed E-state index contributed by atoms with van der Waals surface area (Å²) in [5.41, 5.74) is 1.05. The molecule has 0 amide bonds. The molecule has 0 atom stereocenters. The SMILES string of the molecule is COC(=O)c1ccc2nc(CCO)nn2c1. The molecule has 0 spiro atoms. The number of rotatable bonds is 3. The summed E-state index contributed by atoms with van der Waals surface area (Å²) >= 11 is 0. The number of fused-ring (bicyclic) bond motifs is 1. The molecule has 0 aliphatic heterocycles. The lowest BCUT2D eigenvalue weighted by atomic mass is 10.3. The fourth-order valence-corrected chi connectivity index (χ4v) is 1.37. The third-order valence-corrected chi connectivity index (χ3v) is 2.13. The molecule has 0 saturated carbocycles. The van der Waals surface area contributed by atoms with Crippen molar-refractivity contribution in [1.82, 2.24) is 14.6 Å². The van der Waals surface area contributed by atoms with E-state index in [-0.39, 0.29) is 6.61 Å². The van der Waals surface area contributed by atoms with Crippen LogP contribution in [0, 0.1) is 0 Å². The van der Waals surface area contributed by atoms with E-state index in [1.54, 1.807) is 18.3 Å². The van der Waals surface area contributed by atoms with Crippen LogP contribution >= 0.6 is 0 Å². The predicted molar refractivity (Wildman–Crippen MR) is 55.1 cm³/mol. The minimum absolute atomic E-state index is 0.000735. The first kappa shape index (κ1) is 10.6. The standard InChI is InChI=1S/C10H11N3O3/c1-16-10(15)7-2-3-9-11-8(4-5-14)12-13(9)6-7/h2-3,6,14H,4-5H2,1H3. The zero-order chi connectivity index (χ0) is 11.5. The Hall–Kier alpha value is -1.95. The van der Waals surface area contributed by atoms with Gasteiger partial charge in [-0.2, -0.15) is 5.10 Å². The summed E-state index contributed by atoms with van der Waals surface area (Å²) in [5.74, 6) is 0.130. The smallest absolute Gasteiger partial charge is 0.339 e. The summed E-state index contributed by atoms with van der Waals surface area (Å²) in [7, 11) is 1.32. The van der Waals surface area contributed by atoms with Gasteiger partial charge in [0.25, 0.3) is 0 Å². The minimum atomic E-state index is -0.416. The summed E-state index contributed by atoms with van der Waals surface area (Å²) in [6.07, 6.45) is 1.95. The van der Waals surface area contributed by atoms with Crippen LogP contribution in [-0.2, 0) is 11.2 Å². The number of aliphatic hydroxyl groups excluding tert-OH is 1. The minimum Gasteiger partial charge on any atom is -0.465 e. The maximum absolute atomic E-state index is 11.3. The van der Waals surface area contributed by atoms with Gasteiger partial charge in [0.1, 0.15) is 0 Å². The van der Waals surface area contributed by atoms with Crippen LogP contribution in [0.25, 0.3) is 5.65 Å². The molecule has 0 unspecified atom stereocenters. The molecule has 0 radical (unpaired) electrons. The van der Waals surface area contributed by atoms with Crippen molar-refractivity contribution in [3.8, 4) is 0 Å². The molecule has 0 aromatic carbocycles. The molecule has 0 fully saturated rings. The summed E-state index contributed by atoms with van der Waals surface area (Å²) in [5, 5.41) is 12.9. The van der Waals surface area contributed by atoms with Crippen LogP contribution in [0.4, 0.5) is 0 Å². The van der Waals surface area contributed by atoms with E-state index in [9.17, 15) is 4.79 Å². The maximum atomic E-state index is 11.3. The summed E-state index contributed by atoms with van der Waals surface area (Å²) in [6, 6.07) is 3.30. The highest BCUT2D eigenvalue weighted by atomic mass is 16.5. The third kappa shape index (κ3) is 1.87. The molecule has 16 heavy (non-hydrogen) atoms. The molecule has 6 nitrogen and oxygen atoms in total. The lowest BCUT2D eigenvalue weighted by Gasteiger charge is -1.98. The number of nitrogens with zero attached hydrogens (tertiary/aromatic N) is 3. The number of carbonyl (C=O) groups is 1. The van der Waals surface area contributed by atoms with Crippen molar-refractivity contribution in [1.29, 1.82) is 0 Å². The lowest BCUT2D eigenvalue weighted by molar-refractivity contribution is 0.0600. The van der Waals surface area contributed by atoms with Gasteiger partial charge in [0, 0.05) is 12.6 Å². The second-order valence-corrected chi connectivity index (χ2v) is 3.21. The van der Waals surface area contributed by atoms with Gasteiger partial charge in [0.2, 0.25) is 0 Å². The average molecular weight is 221 g/mol. The molecule has 6 heteroatoms. The van der Waals surface area contributed by atoms with E-state index in [0.29, 0.717) is 23.5 Å². The van der Waals surface area contributed by atoms with Crippen LogP contribution in [-0.4, -0.2) is 39.4 Å². The van der Waals surface area contributed by atoms with Crippen LogP contribution in [0.1, 0.15) is 16.2 Å². The van der Waals surface area contributed by atoms with Gasteiger partial charge in [-0.15, -0.1) is 0 Å². The molecule has 0 aliphatic carbocycles. The van der Waals surface area contributed by atoms with E-state index in [0.717, 1.165) is 0 Å². The number of pyridine rings is 1. The Morgan fingerprint density at radius 1 is 1.56 bits per heavy atom. The number of carbonyl (C=O) groups excluding carboxylic acids is 1. The van der Waals surface area contributed by atoms with Crippen molar-refractivity contribution in [2.75, 3.05) is 13.7 Å². The highest BCUT2D eigenvalue weighted by Crippen LogP contribution is 2.06. The second-order valence-electron chi connectivity index (χ2n) is 3.21. The molecule has 2 rings (SSSR count). The summed E-state index contributed by atoms with van der Waals surface area (Å²) in [6.45, 7) is 0.000735.